The second kappa shape index (κ2) is 8.95. The molecule has 1 atom stereocenters. The summed E-state index contributed by atoms with van der Waals surface area (Å²) in [5.41, 5.74) is -0.487. The first-order valence-corrected chi connectivity index (χ1v) is 7.31. The van der Waals surface area contributed by atoms with E-state index in [1.807, 2.05) is 20.8 Å². The molecule has 0 radical (unpaired) electrons. The van der Waals surface area contributed by atoms with Crippen LogP contribution in [0.4, 0.5) is 0 Å². The van der Waals surface area contributed by atoms with Crippen molar-refractivity contribution in [3.05, 3.63) is 0 Å². The van der Waals surface area contributed by atoms with Gasteiger partial charge in [-0.05, 0) is 19.3 Å². The fourth-order valence-electron chi connectivity index (χ4n) is 1.34. The standard InChI is InChI=1S/C15H30N2O3/c1-11(2)10-20-9-7-8-16-13(18)12(3)17-14(19)15(4,5)6/h11-12H,7-10H2,1-6H3,(H,16,18)(H,17,19). The van der Waals surface area contributed by atoms with Crippen LogP contribution >= 0.6 is 0 Å². The summed E-state index contributed by atoms with van der Waals surface area (Å²) in [7, 11) is 0. The van der Waals surface area contributed by atoms with Gasteiger partial charge in [0.1, 0.15) is 6.04 Å². The fourth-order valence-corrected chi connectivity index (χ4v) is 1.34. The minimum absolute atomic E-state index is 0.125. The Hall–Kier alpha value is -1.10. The maximum Gasteiger partial charge on any atom is 0.242 e. The van der Waals surface area contributed by atoms with Crippen LogP contribution < -0.4 is 10.6 Å². The first kappa shape index (κ1) is 18.9. The summed E-state index contributed by atoms with van der Waals surface area (Å²) in [5.74, 6) is 0.240. The van der Waals surface area contributed by atoms with Crippen molar-refractivity contribution in [1.82, 2.24) is 10.6 Å². The fraction of sp³-hybridized carbons (Fsp3) is 0.867. The number of nitrogens with one attached hydrogen (secondary N) is 2. The zero-order chi connectivity index (χ0) is 15.8. The van der Waals surface area contributed by atoms with Crippen LogP contribution in [-0.4, -0.2) is 37.6 Å². The minimum Gasteiger partial charge on any atom is -0.381 e. The number of carbonyl (C=O) groups excluding carboxylic acids is 2. The number of carbonyl (C=O) groups is 2. The Morgan fingerprint density at radius 3 is 2.25 bits per heavy atom. The monoisotopic (exact) mass is 286 g/mol. The van der Waals surface area contributed by atoms with Crippen molar-refractivity contribution in [3.8, 4) is 0 Å². The molecular formula is C15H30N2O3. The van der Waals surface area contributed by atoms with Crippen LogP contribution in [0.25, 0.3) is 0 Å². The molecule has 0 aromatic heterocycles. The SMILES string of the molecule is CC(C)COCCCNC(=O)C(C)NC(=O)C(C)(C)C. The third-order valence-corrected chi connectivity index (χ3v) is 2.64. The highest BCUT2D eigenvalue weighted by Gasteiger charge is 2.24. The van der Waals surface area contributed by atoms with E-state index in [1.165, 1.54) is 0 Å². The lowest BCUT2D eigenvalue weighted by Crippen LogP contribution is -2.48. The van der Waals surface area contributed by atoms with E-state index in [0.29, 0.717) is 19.1 Å². The van der Waals surface area contributed by atoms with Crippen LogP contribution in [0.15, 0.2) is 0 Å². The molecule has 0 aliphatic heterocycles. The lowest BCUT2D eigenvalue weighted by molar-refractivity contribution is -0.133. The second-order valence-corrected chi connectivity index (χ2v) is 6.56. The van der Waals surface area contributed by atoms with Gasteiger partial charge < -0.3 is 15.4 Å². The Morgan fingerprint density at radius 2 is 1.75 bits per heavy atom. The van der Waals surface area contributed by atoms with E-state index in [-0.39, 0.29) is 11.8 Å². The maximum absolute atomic E-state index is 11.8. The molecule has 5 heteroatoms. The van der Waals surface area contributed by atoms with Crippen LogP contribution in [0.1, 0.15) is 48.0 Å². The van der Waals surface area contributed by atoms with Crippen molar-refractivity contribution in [1.29, 1.82) is 0 Å². The summed E-state index contributed by atoms with van der Waals surface area (Å²) in [6, 6.07) is -0.515. The van der Waals surface area contributed by atoms with Gasteiger partial charge in [-0.1, -0.05) is 34.6 Å². The van der Waals surface area contributed by atoms with Crippen molar-refractivity contribution in [2.24, 2.45) is 11.3 Å². The van der Waals surface area contributed by atoms with E-state index in [0.717, 1.165) is 13.0 Å². The lowest BCUT2D eigenvalue weighted by atomic mass is 9.95. The Morgan fingerprint density at radius 1 is 1.15 bits per heavy atom. The first-order valence-electron chi connectivity index (χ1n) is 7.31. The van der Waals surface area contributed by atoms with Crippen molar-refractivity contribution < 1.29 is 14.3 Å². The number of hydrogen-bond donors (Lipinski definition) is 2. The highest BCUT2D eigenvalue weighted by Crippen LogP contribution is 2.12. The molecule has 0 fully saturated rings. The van der Waals surface area contributed by atoms with Gasteiger partial charge in [-0.3, -0.25) is 9.59 Å². The average molecular weight is 286 g/mol. The molecule has 0 spiro atoms. The Kier molecular flexibility index (Phi) is 8.46. The summed E-state index contributed by atoms with van der Waals surface area (Å²) in [4.78, 5) is 23.5. The number of rotatable bonds is 8. The topological polar surface area (TPSA) is 67.4 Å². The molecule has 0 rings (SSSR count). The smallest absolute Gasteiger partial charge is 0.242 e. The van der Waals surface area contributed by atoms with E-state index in [2.05, 4.69) is 24.5 Å². The molecule has 0 bridgehead atoms. The molecule has 0 saturated carbocycles. The first-order chi connectivity index (χ1) is 9.14. The molecule has 0 aromatic rings. The van der Waals surface area contributed by atoms with Crippen molar-refractivity contribution in [3.63, 3.8) is 0 Å². The predicted octanol–water partition coefficient (Wildman–Crippen LogP) is 1.72. The summed E-state index contributed by atoms with van der Waals surface area (Å²) >= 11 is 0. The van der Waals surface area contributed by atoms with E-state index in [4.69, 9.17) is 4.74 Å². The summed E-state index contributed by atoms with van der Waals surface area (Å²) in [5, 5.41) is 5.50. The molecule has 1 unspecified atom stereocenters. The molecule has 118 valence electrons. The molecule has 0 aliphatic rings. The van der Waals surface area contributed by atoms with Crippen molar-refractivity contribution in [2.75, 3.05) is 19.8 Å². The number of hydrogen-bond acceptors (Lipinski definition) is 3. The molecule has 0 aliphatic carbocycles. The molecule has 20 heavy (non-hydrogen) atoms. The second-order valence-electron chi connectivity index (χ2n) is 6.56. The van der Waals surface area contributed by atoms with Gasteiger partial charge in [-0.15, -0.1) is 0 Å². The van der Waals surface area contributed by atoms with E-state index < -0.39 is 11.5 Å². The van der Waals surface area contributed by atoms with Gasteiger partial charge in [0.05, 0.1) is 0 Å². The van der Waals surface area contributed by atoms with E-state index in [9.17, 15) is 9.59 Å². The highest BCUT2D eigenvalue weighted by molar-refractivity contribution is 5.89. The van der Waals surface area contributed by atoms with Gasteiger partial charge in [-0.2, -0.15) is 0 Å². The van der Waals surface area contributed by atoms with Gasteiger partial charge in [0.2, 0.25) is 11.8 Å². The van der Waals surface area contributed by atoms with Gasteiger partial charge in [-0.25, -0.2) is 0 Å². The zero-order valence-electron chi connectivity index (χ0n) is 13.7. The van der Waals surface area contributed by atoms with E-state index in [1.54, 1.807) is 6.92 Å². The molecule has 0 aromatic carbocycles. The quantitative estimate of drug-likeness (QED) is 0.668. The number of ether oxygens (including phenoxy) is 1. The van der Waals surface area contributed by atoms with Crippen LogP contribution in [0, 0.1) is 11.3 Å². The third kappa shape index (κ3) is 8.91. The lowest BCUT2D eigenvalue weighted by Gasteiger charge is -2.21. The van der Waals surface area contributed by atoms with Crippen molar-refractivity contribution in [2.45, 2.75) is 54.0 Å². The molecule has 2 amide bonds. The molecule has 0 heterocycles. The number of amides is 2. The Labute approximate surface area is 122 Å². The van der Waals surface area contributed by atoms with Crippen LogP contribution in [0.3, 0.4) is 0 Å². The molecule has 0 saturated heterocycles. The van der Waals surface area contributed by atoms with Crippen molar-refractivity contribution >= 4 is 11.8 Å². The van der Waals surface area contributed by atoms with Gasteiger partial charge in [0.15, 0.2) is 0 Å². The molecule has 2 N–H and O–H groups in total. The van der Waals surface area contributed by atoms with E-state index >= 15 is 0 Å². The Bertz CT molecular complexity index is 309. The Balaban J connectivity index is 3.79. The van der Waals surface area contributed by atoms with Gasteiger partial charge in [0, 0.05) is 25.2 Å². The third-order valence-electron chi connectivity index (χ3n) is 2.64. The van der Waals surface area contributed by atoms with Gasteiger partial charge >= 0.3 is 0 Å². The predicted molar refractivity (Wildman–Crippen MR) is 80.3 cm³/mol. The zero-order valence-corrected chi connectivity index (χ0v) is 13.7. The van der Waals surface area contributed by atoms with Crippen LogP contribution in [0.5, 0.6) is 0 Å². The summed E-state index contributed by atoms with van der Waals surface area (Å²) in [6.07, 6.45) is 0.776. The molecule has 5 nitrogen and oxygen atoms in total. The van der Waals surface area contributed by atoms with Crippen LogP contribution in [-0.2, 0) is 14.3 Å². The largest absolute Gasteiger partial charge is 0.381 e. The molecular weight excluding hydrogens is 256 g/mol. The highest BCUT2D eigenvalue weighted by atomic mass is 16.5. The minimum atomic E-state index is -0.515. The van der Waals surface area contributed by atoms with Gasteiger partial charge in [0.25, 0.3) is 0 Å². The van der Waals surface area contributed by atoms with Crippen LogP contribution in [0.2, 0.25) is 0 Å². The summed E-state index contributed by atoms with van der Waals surface area (Å²) in [6.45, 7) is 13.3. The normalized spacial score (nSPS) is 13.2. The summed E-state index contributed by atoms with van der Waals surface area (Å²) < 4.78 is 5.43. The maximum atomic E-state index is 11.8. The average Bonchev–Trinajstić information content (AvgIpc) is 2.31.